The molecule has 1 aliphatic rings. The predicted molar refractivity (Wildman–Crippen MR) is 70.5 cm³/mol. The highest BCUT2D eigenvalue weighted by molar-refractivity contribution is 14.1. The average Bonchev–Trinajstić information content (AvgIpc) is 3.00. The van der Waals surface area contributed by atoms with Crippen LogP contribution < -0.4 is 5.76 Å². The van der Waals surface area contributed by atoms with Gasteiger partial charge in [0.25, 0.3) is 0 Å². The van der Waals surface area contributed by atoms with Crippen LogP contribution in [0.3, 0.4) is 0 Å². The van der Waals surface area contributed by atoms with Crippen molar-refractivity contribution in [3.63, 3.8) is 0 Å². The molecule has 1 aromatic heterocycles. The molecule has 3 rings (SSSR count). The van der Waals surface area contributed by atoms with Crippen LogP contribution in [0, 0.1) is 9.49 Å². The zero-order valence-electron chi connectivity index (χ0n) is 8.78. The summed E-state index contributed by atoms with van der Waals surface area (Å²) >= 11 is 2.22. The number of hydrogen-bond acceptors (Lipinski definition) is 2. The molecule has 16 heavy (non-hydrogen) atoms. The Balaban J connectivity index is 2.01. The summed E-state index contributed by atoms with van der Waals surface area (Å²) in [6.45, 7) is 0.789. The number of halogens is 1. The zero-order valence-corrected chi connectivity index (χ0v) is 10.9. The minimum atomic E-state index is -0.224. The lowest BCUT2D eigenvalue weighted by Gasteiger charge is -2.00. The van der Waals surface area contributed by atoms with E-state index in [1.54, 1.807) is 4.57 Å². The molecule has 0 atom stereocenters. The summed E-state index contributed by atoms with van der Waals surface area (Å²) in [5.41, 5.74) is 1.62. The molecule has 84 valence electrons. The molecule has 0 unspecified atom stereocenters. The minimum absolute atomic E-state index is 0.224. The summed E-state index contributed by atoms with van der Waals surface area (Å²) in [6, 6.07) is 5.88. The van der Waals surface area contributed by atoms with Crippen molar-refractivity contribution >= 4 is 33.7 Å². The first-order valence-electron chi connectivity index (χ1n) is 5.53. The first-order chi connectivity index (χ1) is 7.74. The second kappa shape index (κ2) is 3.91. The lowest BCUT2D eigenvalue weighted by molar-refractivity contribution is 0.489. The van der Waals surface area contributed by atoms with Crippen molar-refractivity contribution in [2.24, 2.45) is 5.92 Å². The fourth-order valence-electron chi connectivity index (χ4n) is 1.97. The third kappa shape index (κ3) is 1.90. The molecular formula is C12H12INO2. The number of benzene rings is 1. The number of nitrogens with zero attached hydrogens (tertiary/aromatic N) is 1. The van der Waals surface area contributed by atoms with E-state index in [4.69, 9.17) is 4.42 Å². The molecule has 0 radical (unpaired) electrons. The van der Waals surface area contributed by atoms with Gasteiger partial charge in [0.1, 0.15) is 0 Å². The molecule has 0 spiro atoms. The molecule has 0 bridgehead atoms. The van der Waals surface area contributed by atoms with Crippen molar-refractivity contribution in [3.8, 4) is 0 Å². The Morgan fingerprint density at radius 1 is 1.44 bits per heavy atom. The normalized spacial score (nSPS) is 15.8. The average molecular weight is 329 g/mol. The minimum Gasteiger partial charge on any atom is -0.408 e. The first-order valence-corrected chi connectivity index (χ1v) is 6.61. The molecule has 0 aliphatic heterocycles. The van der Waals surface area contributed by atoms with E-state index in [1.165, 1.54) is 12.8 Å². The molecule has 4 heteroatoms. The number of oxazole rings is 1. The lowest BCUT2D eigenvalue weighted by Crippen LogP contribution is -2.14. The summed E-state index contributed by atoms with van der Waals surface area (Å²) < 4.78 is 8.08. The Morgan fingerprint density at radius 2 is 2.25 bits per heavy atom. The van der Waals surface area contributed by atoms with Crippen molar-refractivity contribution in [1.29, 1.82) is 0 Å². The Labute approximate surface area is 107 Å². The zero-order chi connectivity index (χ0) is 11.1. The van der Waals surface area contributed by atoms with Crippen molar-refractivity contribution < 1.29 is 4.42 Å². The highest BCUT2D eigenvalue weighted by atomic mass is 127. The number of fused-ring (bicyclic) bond motifs is 1. The lowest BCUT2D eigenvalue weighted by atomic mass is 10.3. The van der Waals surface area contributed by atoms with E-state index in [-0.39, 0.29) is 5.76 Å². The van der Waals surface area contributed by atoms with Gasteiger partial charge in [-0.2, -0.15) is 0 Å². The summed E-state index contributed by atoms with van der Waals surface area (Å²) in [5, 5.41) is 0. The van der Waals surface area contributed by atoms with E-state index in [0.717, 1.165) is 28.0 Å². The second-order valence-corrected chi connectivity index (χ2v) is 5.61. The van der Waals surface area contributed by atoms with Gasteiger partial charge in [-0.3, -0.25) is 4.57 Å². The number of hydrogen-bond donors (Lipinski definition) is 0. The van der Waals surface area contributed by atoms with Gasteiger partial charge in [-0.15, -0.1) is 0 Å². The number of aromatic nitrogens is 1. The van der Waals surface area contributed by atoms with Crippen LogP contribution in [0.5, 0.6) is 0 Å². The maximum absolute atomic E-state index is 11.7. The van der Waals surface area contributed by atoms with Crippen LogP contribution in [0.1, 0.15) is 19.3 Å². The van der Waals surface area contributed by atoms with Gasteiger partial charge < -0.3 is 4.42 Å². The van der Waals surface area contributed by atoms with Crippen LogP contribution in [0.4, 0.5) is 0 Å². The van der Waals surface area contributed by atoms with Crippen LogP contribution in [0.25, 0.3) is 11.1 Å². The SMILES string of the molecule is O=c1oc2cc(I)ccc2n1CCC1CC1. The van der Waals surface area contributed by atoms with E-state index < -0.39 is 0 Å². The van der Waals surface area contributed by atoms with Gasteiger partial charge in [-0.1, -0.05) is 12.8 Å². The Hall–Kier alpha value is -0.780. The van der Waals surface area contributed by atoms with Gasteiger partial charge >= 0.3 is 5.76 Å². The van der Waals surface area contributed by atoms with Gasteiger partial charge in [0.05, 0.1) is 5.52 Å². The monoisotopic (exact) mass is 329 g/mol. The van der Waals surface area contributed by atoms with E-state index in [9.17, 15) is 4.79 Å². The maximum Gasteiger partial charge on any atom is 0.419 e. The van der Waals surface area contributed by atoms with Crippen LogP contribution in [-0.2, 0) is 6.54 Å². The van der Waals surface area contributed by atoms with Crippen molar-refractivity contribution in [2.75, 3.05) is 0 Å². The molecule has 1 heterocycles. The smallest absolute Gasteiger partial charge is 0.408 e. The van der Waals surface area contributed by atoms with E-state index >= 15 is 0 Å². The fraction of sp³-hybridized carbons (Fsp3) is 0.417. The standard InChI is InChI=1S/C12H12INO2/c13-9-3-4-10-11(7-9)16-12(15)14(10)6-5-8-1-2-8/h3-4,7-8H,1-2,5-6H2. The number of aryl methyl sites for hydroxylation is 1. The van der Waals surface area contributed by atoms with Crippen molar-refractivity contribution in [3.05, 3.63) is 32.3 Å². The van der Waals surface area contributed by atoms with Crippen LogP contribution in [0.15, 0.2) is 27.4 Å². The quantitative estimate of drug-likeness (QED) is 0.812. The molecule has 1 saturated carbocycles. The molecule has 0 amide bonds. The van der Waals surface area contributed by atoms with E-state index in [2.05, 4.69) is 22.6 Å². The maximum atomic E-state index is 11.7. The van der Waals surface area contributed by atoms with Gasteiger partial charge in [-0.05, 0) is 53.1 Å². The Bertz CT molecular complexity index is 580. The first kappa shape index (κ1) is 10.4. The molecule has 2 aromatic rings. The Kier molecular flexibility index (Phi) is 2.53. The van der Waals surface area contributed by atoms with Crippen molar-refractivity contribution in [1.82, 2.24) is 4.57 Å². The number of rotatable bonds is 3. The second-order valence-electron chi connectivity index (χ2n) is 4.36. The third-order valence-electron chi connectivity index (χ3n) is 3.09. The van der Waals surface area contributed by atoms with Crippen LogP contribution >= 0.6 is 22.6 Å². The summed E-state index contributed by atoms with van der Waals surface area (Å²) in [5.74, 6) is 0.610. The van der Waals surface area contributed by atoms with Crippen molar-refractivity contribution in [2.45, 2.75) is 25.8 Å². The molecule has 0 saturated heterocycles. The van der Waals surface area contributed by atoms with Gasteiger partial charge in [-0.25, -0.2) is 4.79 Å². The molecule has 1 aliphatic carbocycles. The Morgan fingerprint density at radius 3 is 3.00 bits per heavy atom. The largest absolute Gasteiger partial charge is 0.419 e. The summed E-state index contributed by atoms with van der Waals surface area (Å²) in [4.78, 5) is 11.7. The predicted octanol–water partition coefficient (Wildman–Crippen LogP) is 3.00. The molecular weight excluding hydrogens is 317 g/mol. The summed E-state index contributed by atoms with van der Waals surface area (Å²) in [7, 11) is 0. The fourth-order valence-corrected chi connectivity index (χ4v) is 2.43. The molecule has 1 fully saturated rings. The molecule has 3 nitrogen and oxygen atoms in total. The van der Waals surface area contributed by atoms with Gasteiger partial charge in [0.2, 0.25) is 0 Å². The third-order valence-corrected chi connectivity index (χ3v) is 3.76. The van der Waals surface area contributed by atoms with Crippen LogP contribution in [-0.4, -0.2) is 4.57 Å². The van der Waals surface area contributed by atoms with Gasteiger partial charge in [0, 0.05) is 10.1 Å². The van der Waals surface area contributed by atoms with E-state index in [0.29, 0.717) is 5.58 Å². The molecule has 1 aromatic carbocycles. The van der Waals surface area contributed by atoms with Gasteiger partial charge in [0.15, 0.2) is 5.58 Å². The van der Waals surface area contributed by atoms with Crippen LogP contribution in [0.2, 0.25) is 0 Å². The highest BCUT2D eigenvalue weighted by Gasteiger charge is 2.21. The summed E-state index contributed by atoms with van der Waals surface area (Å²) in [6.07, 6.45) is 3.74. The molecule has 0 N–H and O–H groups in total. The topological polar surface area (TPSA) is 35.1 Å². The highest BCUT2D eigenvalue weighted by Crippen LogP contribution is 2.33. The van der Waals surface area contributed by atoms with E-state index in [1.807, 2.05) is 18.2 Å².